The second kappa shape index (κ2) is 9.05. The van der Waals surface area contributed by atoms with E-state index in [9.17, 15) is 9.59 Å². The molecule has 1 fully saturated rings. The van der Waals surface area contributed by atoms with Crippen molar-refractivity contribution in [2.24, 2.45) is 16.6 Å². The first kappa shape index (κ1) is 18.8. The molecule has 0 saturated carbocycles. The average molecular weight is 345 g/mol. The summed E-state index contributed by atoms with van der Waals surface area (Å²) in [7, 11) is 3.37. The van der Waals surface area contributed by atoms with E-state index in [-0.39, 0.29) is 17.7 Å². The van der Waals surface area contributed by atoms with Gasteiger partial charge in [0.1, 0.15) is 0 Å². The maximum atomic E-state index is 11.7. The lowest BCUT2D eigenvalue weighted by atomic mass is 9.95. The number of hydrogen-bond acceptors (Lipinski definition) is 3. The molecular formula is C18H27N5O2. The second-order valence-electron chi connectivity index (χ2n) is 6.30. The van der Waals surface area contributed by atoms with E-state index in [1.54, 1.807) is 20.2 Å². The summed E-state index contributed by atoms with van der Waals surface area (Å²) in [6.07, 6.45) is 2.46. The Morgan fingerprint density at radius 2 is 2.20 bits per heavy atom. The number of aliphatic imine (C=N–C) groups is 1. The summed E-state index contributed by atoms with van der Waals surface area (Å²) in [5, 5.41) is 5.97. The predicted octanol–water partition coefficient (Wildman–Crippen LogP) is 0.709. The van der Waals surface area contributed by atoms with Gasteiger partial charge in [0.25, 0.3) is 5.91 Å². The Bertz CT molecular complexity index is 644. The third kappa shape index (κ3) is 5.48. The zero-order valence-electron chi connectivity index (χ0n) is 14.9. The molecule has 0 spiro atoms. The lowest BCUT2D eigenvalue weighted by Crippen LogP contribution is -2.46. The van der Waals surface area contributed by atoms with Crippen molar-refractivity contribution in [1.29, 1.82) is 0 Å². The lowest BCUT2D eigenvalue weighted by Gasteiger charge is -2.34. The third-order valence-corrected chi connectivity index (χ3v) is 4.39. The van der Waals surface area contributed by atoms with E-state index < -0.39 is 0 Å². The molecule has 1 aliphatic heterocycles. The predicted molar refractivity (Wildman–Crippen MR) is 98.1 cm³/mol. The number of carbonyl (C=O) groups excluding carboxylic acids is 2. The molecule has 0 radical (unpaired) electrons. The summed E-state index contributed by atoms with van der Waals surface area (Å²) >= 11 is 0. The van der Waals surface area contributed by atoms with Crippen LogP contribution in [-0.2, 0) is 11.3 Å². The molecule has 2 rings (SSSR count). The fourth-order valence-electron chi connectivity index (χ4n) is 3.19. The van der Waals surface area contributed by atoms with Crippen LogP contribution < -0.4 is 16.4 Å². The smallest absolute Gasteiger partial charge is 0.251 e. The van der Waals surface area contributed by atoms with Crippen molar-refractivity contribution >= 4 is 17.8 Å². The largest absolute Gasteiger partial charge is 0.370 e. The summed E-state index contributed by atoms with van der Waals surface area (Å²) in [6, 6.07) is 7.49. The van der Waals surface area contributed by atoms with Crippen molar-refractivity contribution in [2.45, 2.75) is 25.8 Å². The molecule has 1 aromatic carbocycles. The Kier molecular flexibility index (Phi) is 6.80. The SMILES string of the molecule is CN=C(NCc1cccc(C(=O)NC)c1)N1CCCC(CC(N)=O)C1. The first-order valence-corrected chi connectivity index (χ1v) is 8.58. The Balaban J connectivity index is 1.96. The maximum absolute atomic E-state index is 11.7. The van der Waals surface area contributed by atoms with Gasteiger partial charge in [-0.3, -0.25) is 14.6 Å². The van der Waals surface area contributed by atoms with Crippen LogP contribution in [0.5, 0.6) is 0 Å². The normalized spacial score (nSPS) is 17.9. The Morgan fingerprint density at radius 3 is 2.88 bits per heavy atom. The van der Waals surface area contributed by atoms with Crippen molar-refractivity contribution in [3.05, 3.63) is 35.4 Å². The summed E-state index contributed by atoms with van der Waals surface area (Å²) < 4.78 is 0. The van der Waals surface area contributed by atoms with Crippen molar-refractivity contribution in [3.63, 3.8) is 0 Å². The van der Waals surface area contributed by atoms with Crippen LogP contribution in [0.1, 0.15) is 35.2 Å². The number of piperidine rings is 1. The summed E-state index contributed by atoms with van der Waals surface area (Å²) in [5.74, 6) is 0.735. The highest BCUT2D eigenvalue weighted by Crippen LogP contribution is 2.19. The molecule has 136 valence electrons. The summed E-state index contributed by atoms with van der Waals surface area (Å²) in [6.45, 7) is 2.27. The van der Waals surface area contributed by atoms with Gasteiger partial charge in [0.05, 0.1) is 0 Å². The van der Waals surface area contributed by atoms with Crippen LogP contribution in [0.2, 0.25) is 0 Å². The molecule has 1 aromatic rings. The van der Waals surface area contributed by atoms with Crippen molar-refractivity contribution in [3.8, 4) is 0 Å². The van der Waals surface area contributed by atoms with Gasteiger partial charge in [-0.1, -0.05) is 12.1 Å². The number of hydrogen-bond donors (Lipinski definition) is 3. The molecule has 25 heavy (non-hydrogen) atoms. The number of carbonyl (C=O) groups is 2. The zero-order chi connectivity index (χ0) is 18.2. The molecule has 1 aliphatic rings. The van der Waals surface area contributed by atoms with Gasteiger partial charge in [-0.25, -0.2) is 0 Å². The van der Waals surface area contributed by atoms with Gasteiger partial charge in [-0.05, 0) is 36.5 Å². The number of nitrogens with one attached hydrogen (secondary N) is 2. The van der Waals surface area contributed by atoms with Crippen LogP contribution in [0, 0.1) is 5.92 Å². The highest BCUT2D eigenvalue weighted by atomic mass is 16.1. The number of nitrogens with zero attached hydrogens (tertiary/aromatic N) is 2. The van der Waals surface area contributed by atoms with Gasteiger partial charge in [-0.2, -0.15) is 0 Å². The van der Waals surface area contributed by atoms with E-state index in [0.29, 0.717) is 18.5 Å². The molecular weight excluding hydrogens is 318 g/mol. The van der Waals surface area contributed by atoms with Crippen molar-refractivity contribution in [1.82, 2.24) is 15.5 Å². The maximum Gasteiger partial charge on any atom is 0.251 e. The fourth-order valence-corrected chi connectivity index (χ4v) is 3.19. The Labute approximate surface area is 148 Å². The number of nitrogens with two attached hydrogens (primary N) is 1. The van der Waals surface area contributed by atoms with E-state index in [4.69, 9.17) is 5.73 Å². The summed E-state index contributed by atoms with van der Waals surface area (Å²) in [4.78, 5) is 29.4. The molecule has 7 nitrogen and oxygen atoms in total. The van der Waals surface area contributed by atoms with Gasteiger partial charge in [0.15, 0.2) is 5.96 Å². The van der Waals surface area contributed by atoms with Gasteiger partial charge in [0.2, 0.25) is 5.91 Å². The van der Waals surface area contributed by atoms with E-state index in [2.05, 4.69) is 20.5 Å². The van der Waals surface area contributed by atoms with Crippen molar-refractivity contribution < 1.29 is 9.59 Å². The van der Waals surface area contributed by atoms with Crippen LogP contribution in [-0.4, -0.2) is 49.9 Å². The number of likely N-dealkylation sites (tertiary alicyclic amines) is 1. The number of primary amides is 1. The van der Waals surface area contributed by atoms with Gasteiger partial charge >= 0.3 is 0 Å². The molecule has 4 N–H and O–H groups in total. The van der Waals surface area contributed by atoms with Crippen LogP contribution in [0.3, 0.4) is 0 Å². The van der Waals surface area contributed by atoms with E-state index in [1.807, 2.05) is 18.2 Å². The van der Waals surface area contributed by atoms with Crippen LogP contribution >= 0.6 is 0 Å². The number of rotatable bonds is 5. The topological polar surface area (TPSA) is 99.8 Å². The molecule has 7 heteroatoms. The van der Waals surface area contributed by atoms with Crippen molar-refractivity contribution in [2.75, 3.05) is 27.2 Å². The minimum Gasteiger partial charge on any atom is -0.370 e. The lowest BCUT2D eigenvalue weighted by molar-refractivity contribution is -0.119. The molecule has 0 aliphatic carbocycles. The zero-order valence-corrected chi connectivity index (χ0v) is 14.9. The van der Waals surface area contributed by atoms with E-state index in [1.165, 1.54) is 0 Å². The molecule has 1 unspecified atom stereocenters. The van der Waals surface area contributed by atoms with Gasteiger partial charge < -0.3 is 21.3 Å². The first-order valence-electron chi connectivity index (χ1n) is 8.58. The Hall–Kier alpha value is -2.57. The molecule has 1 atom stereocenters. The van der Waals surface area contributed by atoms with E-state index >= 15 is 0 Å². The average Bonchev–Trinajstić information content (AvgIpc) is 2.61. The fraction of sp³-hybridized carbons (Fsp3) is 0.500. The Morgan fingerprint density at radius 1 is 1.40 bits per heavy atom. The highest BCUT2D eigenvalue weighted by Gasteiger charge is 2.23. The standard InChI is InChI=1S/C18H27N5O2/c1-20-17(25)15-7-3-5-13(9-15)11-22-18(21-2)23-8-4-6-14(12-23)10-16(19)24/h3,5,7,9,14H,4,6,8,10-12H2,1-2H3,(H2,19,24)(H,20,25)(H,21,22). The monoisotopic (exact) mass is 345 g/mol. The minimum absolute atomic E-state index is 0.100. The number of amides is 2. The van der Waals surface area contributed by atoms with Gasteiger partial charge in [-0.15, -0.1) is 0 Å². The van der Waals surface area contributed by atoms with Gasteiger partial charge in [0, 0.05) is 45.7 Å². The third-order valence-electron chi connectivity index (χ3n) is 4.39. The molecule has 1 heterocycles. The second-order valence-corrected chi connectivity index (χ2v) is 6.30. The number of benzene rings is 1. The quantitative estimate of drug-likeness (QED) is 0.540. The molecule has 0 bridgehead atoms. The molecule has 0 aromatic heterocycles. The van der Waals surface area contributed by atoms with E-state index in [0.717, 1.165) is 37.5 Å². The van der Waals surface area contributed by atoms with Crippen LogP contribution in [0.4, 0.5) is 0 Å². The first-order chi connectivity index (χ1) is 12.0. The van der Waals surface area contributed by atoms with Crippen LogP contribution in [0.25, 0.3) is 0 Å². The minimum atomic E-state index is -0.249. The van der Waals surface area contributed by atoms with Crippen LogP contribution in [0.15, 0.2) is 29.3 Å². The highest BCUT2D eigenvalue weighted by molar-refractivity contribution is 5.94. The molecule has 1 saturated heterocycles. The summed E-state index contributed by atoms with van der Waals surface area (Å²) in [5.41, 5.74) is 6.97. The molecule has 2 amide bonds. The number of guanidine groups is 1.